The highest BCUT2D eigenvalue weighted by atomic mass is 16.5. The number of benzene rings is 1. The van der Waals surface area contributed by atoms with Gasteiger partial charge in [-0.15, -0.1) is 0 Å². The van der Waals surface area contributed by atoms with Crippen LogP contribution in [0.25, 0.3) is 11.3 Å². The third-order valence-electron chi connectivity index (χ3n) is 4.08. The molecule has 0 radical (unpaired) electrons. The molecule has 0 saturated heterocycles. The summed E-state index contributed by atoms with van der Waals surface area (Å²) >= 11 is 0. The minimum absolute atomic E-state index is 0.346. The van der Waals surface area contributed by atoms with Crippen molar-refractivity contribution in [3.63, 3.8) is 0 Å². The zero-order valence-corrected chi connectivity index (χ0v) is 15.0. The van der Waals surface area contributed by atoms with Gasteiger partial charge in [0.25, 0.3) is 0 Å². The number of methoxy groups -OCH3 is 1. The third kappa shape index (κ3) is 3.75. The standard InChI is InChI=1S/C18H22N6O2/c1-12-16(13(2)24(23-12)9-10-26-3)21-18(25)20-15-11-19-22-17(15)14-7-5-4-6-8-14/h4-8,11H,9-10H2,1-3H3,(H,19,22)(H2,20,21,25). The number of aromatic nitrogens is 4. The van der Waals surface area contributed by atoms with Gasteiger partial charge in [0.1, 0.15) is 0 Å². The van der Waals surface area contributed by atoms with E-state index in [2.05, 4.69) is 25.9 Å². The highest BCUT2D eigenvalue weighted by molar-refractivity contribution is 6.02. The van der Waals surface area contributed by atoms with Crippen LogP contribution >= 0.6 is 0 Å². The number of anilines is 2. The number of carbonyl (C=O) groups excluding carboxylic acids is 1. The minimum atomic E-state index is -0.346. The summed E-state index contributed by atoms with van der Waals surface area (Å²) in [5.74, 6) is 0. The number of hydrogen-bond donors (Lipinski definition) is 3. The maximum atomic E-state index is 12.5. The summed E-state index contributed by atoms with van der Waals surface area (Å²) in [4.78, 5) is 12.5. The van der Waals surface area contributed by atoms with Gasteiger partial charge in [-0.25, -0.2) is 4.79 Å². The lowest BCUT2D eigenvalue weighted by atomic mass is 10.1. The number of aryl methyl sites for hydroxylation is 1. The SMILES string of the molecule is COCCn1nc(C)c(NC(=O)Nc2cn[nH]c2-c2ccccc2)c1C. The number of hydrogen-bond acceptors (Lipinski definition) is 4. The summed E-state index contributed by atoms with van der Waals surface area (Å²) in [7, 11) is 1.65. The molecule has 0 bridgehead atoms. The fraction of sp³-hybridized carbons (Fsp3) is 0.278. The topological polar surface area (TPSA) is 96.9 Å². The molecular weight excluding hydrogens is 332 g/mol. The number of urea groups is 1. The summed E-state index contributed by atoms with van der Waals surface area (Å²) < 4.78 is 6.91. The van der Waals surface area contributed by atoms with E-state index < -0.39 is 0 Å². The normalized spacial score (nSPS) is 10.7. The molecule has 26 heavy (non-hydrogen) atoms. The van der Waals surface area contributed by atoms with E-state index in [1.807, 2.05) is 48.9 Å². The zero-order chi connectivity index (χ0) is 18.5. The van der Waals surface area contributed by atoms with Crippen molar-refractivity contribution < 1.29 is 9.53 Å². The molecule has 0 saturated carbocycles. The molecule has 3 aromatic rings. The van der Waals surface area contributed by atoms with Crippen molar-refractivity contribution in [3.05, 3.63) is 47.9 Å². The van der Waals surface area contributed by atoms with Gasteiger partial charge in [0.2, 0.25) is 0 Å². The predicted molar refractivity (Wildman–Crippen MR) is 100 cm³/mol. The summed E-state index contributed by atoms with van der Waals surface area (Å²) in [6.45, 7) is 4.97. The molecule has 0 unspecified atom stereocenters. The summed E-state index contributed by atoms with van der Waals surface area (Å²) in [5, 5.41) is 17.1. The van der Waals surface area contributed by atoms with Crippen molar-refractivity contribution in [2.75, 3.05) is 24.4 Å². The first-order valence-electron chi connectivity index (χ1n) is 8.30. The lowest BCUT2D eigenvalue weighted by molar-refractivity contribution is 0.182. The van der Waals surface area contributed by atoms with E-state index >= 15 is 0 Å². The second-order valence-electron chi connectivity index (χ2n) is 5.87. The molecule has 2 amide bonds. The third-order valence-corrected chi connectivity index (χ3v) is 4.08. The summed E-state index contributed by atoms with van der Waals surface area (Å²) in [6, 6.07) is 9.35. The van der Waals surface area contributed by atoms with Crippen molar-refractivity contribution in [1.82, 2.24) is 20.0 Å². The first kappa shape index (κ1) is 17.7. The number of carbonyl (C=O) groups is 1. The maximum absolute atomic E-state index is 12.5. The van der Waals surface area contributed by atoms with Gasteiger partial charge >= 0.3 is 6.03 Å². The Bertz CT molecular complexity index is 884. The molecule has 8 nitrogen and oxygen atoms in total. The molecule has 3 N–H and O–H groups in total. The Labute approximate surface area is 151 Å². The van der Waals surface area contributed by atoms with Gasteiger partial charge in [0.05, 0.1) is 47.8 Å². The second-order valence-corrected chi connectivity index (χ2v) is 5.87. The first-order valence-corrected chi connectivity index (χ1v) is 8.30. The summed E-state index contributed by atoms with van der Waals surface area (Å²) in [5.41, 5.74) is 4.64. The molecule has 0 atom stereocenters. The molecule has 136 valence electrons. The Morgan fingerprint density at radius 2 is 2.00 bits per heavy atom. The molecule has 8 heteroatoms. The van der Waals surface area contributed by atoms with Crippen LogP contribution in [0, 0.1) is 13.8 Å². The van der Waals surface area contributed by atoms with Crippen molar-refractivity contribution in [2.24, 2.45) is 0 Å². The number of H-pyrrole nitrogens is 1. The molecule has 2 aromatic heterocycles. The van der Waals surface area contributed by atoms with Crippen LogP contribution in [0.2, 0.25) is 0 Å². The first-order chi connectivity index (χ1) is 12.6. The van der Waals surface area contributed by atoms with Gasteiger partial charge in [-0.2, -0.15) is 10.2 Å². The number of nitrogens with zero attached hydrogens (tertiary/aromatic N) is 3. The van der Waals surface area contributed by atoms with Crippen LogP contribution in [0.4, 0.5) is 16.2 Å². The highest BCUT2D eigenvalue weighted by Gasteiger charge is 2.16. The van der Waals surface area contributed by atoms with E-state index in [0.717, 1.165) is 22.6 Å². The van der Waals surface area contributed by atoms with Crippen molar-refractivity contribution in [1.29, 1.82) is 0 Å². The maximum Gasteiger partial charge on any atom is 0.323 e. The van der Waals surface area contributed by atoms with E-state index in [4.69, 9.17) is 4.74 Å². The average Bonchev–Trinajstić information content (AvgIpc) is 3.20. The van der Waals surface area contributed by atoms with Crippen molar-refractivity contribution in [2.45, 2.75) is 20.4 Å². The second kappa shape index (κ2) is 7.83. The van der Waals surface area contributed by atoms with Crippen LogP contribution in [0.1, 0.15) is 11.4 Å². The Balaban J connectivity index is 1.73. The minimum Gasteiger partial charge on any atom is -0.383 e. The number of rotatable bonds is 6. The molecule has 0 aliphatic rings. The average molecular weight is 354 g/mol. The number of aromatic amines is 1. The molecule has 0 aliphatic carbocycles. The van der Waals surface area contributed by atoms with E-state index in [-0.39, 0.29) is 6.03 Å². The molecular formula is C18H22N6O2. The van der Waals surface area contributed by atoms with Gasteiger partial charge < -0.3 is 15.4 Å². The largest absolute Gasteiger partial charge is 0.383 e. The Kier molecular flexibility index (Phi) is 5.33. The van der Waals surface area contributed by atoms with E-state index in [0.29, 0.717) is 24.5 Å². The molecule has 1 aromatic carbocycles. The number of amides is 2. The molecule has 0 spiro atoms. The van der Waals surface area contributed by atoms with Crippen molar-refractivity contribution >= 4 is 17.4 Å². The number of ether oxygens (including phenoxy) is 1. The van der Waals surface area contributed by atoms with E-state index in [1.54, 1.807) is 13.3 Å². The predicted octanol–water partition coefficient (Wildman–Crippen LogP) is 3.18. The van der Waals surface area contributed by atoms with Crippen LogP contribution in [0.15, 0.2) is 36.5 Å². The van der Waals surface area contributed by atoms with Gasteiger partial charge in [0, 0.05) is 12.7 Å². The Morgan fingerprint density at radius 1 is 1.23 bits per heavy atom. The van der Waals surface area contributed by atoms with Crippen LogP contribution in [0.3, 0.4) is 0 Å². The van der Waals surface area contributed by atoms with E-state index in [1.165, 1.54) is 0 Å². The van der Waals surface area contributed by atoms with Crippen LogP contribution in [-0.4, -0.2) is 39.7 Å². The quantitative estimate of drug-likeness (QED) is 0.633. The smallest absolute Gasteiger partial charge is 0.323 e. The monoisotopic (exact) mass is 354 g/mol. The Hall–Kier alpha value is -3.13. The van der Waals surface area contributed by atoms with Gasteiger partial charge in [-0.1, -0.05) is 30.3 Å². The van der Waals surface area contributed by atoms with Crippen LogP contribution < -0.4 is 10.6 Å². The lowest BCUT2D eigenvalue weighted by Gasteiger charge is -2.09. The molecule has 2 heterocycles. The molecule has 3 rings (SSSR count). The van der Waals surface area contributed by atoms with Gasteiger partial charge in [0.15, 0.2) is 0 Å². The Morgan fingerprint density at radius 3 is 2.73 bits per heavy atom. The lowest BCUT2D eigenvalue weighted by Crippen LogP contribution is -2.20. The van der Waals surface area contributed by atoms with Crippen molar-refractivity contribution in [3.8, 4) is 11.3 Å². The zero-order valence-electron chi connectivity index (χ0n) is 15.0. The fourth-order valence-corrected chi connectivity index (χ4v) is 2.75. The highest BCUT2D eigenvalue weighted by Crippen LogP contribution is 2.25. The number of nitrogens with one attached hydrogen (secondary N) is 3. The summed E-state index contributed by atoms with van der Waals surface area (Å²) in [6.07, 6.45) is 1.59. The van der Waals surface area contributed by atoms with Gasteiger partial charge in [-0.3, -0.25) is 9.78 Å². The molecule has 0 fully saturated rings. The fourth-order valence-electron chi connectivity index (χ4n) is 2.75. The van der Waals surface area contributed by atoms with Crippen LogP contribution in [-0.2, 0) is 11.3 Å². The molecule has 0 aliphatic heterocycles. The van der Waals surface area contributed by atoms with E-state index in [9.17, 15) is 4.79 Å². The van der Waals surface area contributed by atoms with Gasteiger partial charge in [-0.05, 0) is 13.8 Å². The van der Waals surface area contributed by atoms with Crippen LogP contribution in [0.5, 0.6) is 0 Å².